The lowest BCUT2D eigenvalue weighted by Gasteiger charge is -2.33. The molecule has 0 rings (SSSR count). The van der Waals surface area contributed by atoms with E-state index in [9.17, 15) is 0 Å². The zero-order valence-corrected chi connectivity index (χ0v) is 22.8. The summed E-state index contributed by atoms with van der Waals surface area (Å²) in [5.41, 5.74) is 11.6. The van der Waals surface area contributed by atoms with Gasteiger partial charge in [-0.3, -0.25) is 0 Å². The molecule has 0 amide bonds. The van der Waals surface area contributed by atoms with Gasteiger partial charge in [0.2, 0.25) is 0 Å². The van der Waals surface area contributed by atoms with E-state index in [2.05, 4.69) is 27.7 Å². The van der Waals surface area contributed by atoms with Gasteiger partial charge in [-0.05, 0) is 32.6 Å². The first kappa shape index (κ1) is 32.3. The Balaban J connectivity index is 0. The molecular formula is C20H50N2O6Si2. The van der Waals surface area contributed by atoms with Crippen molar-refractivity contribution in [3.05, 3.63) is 0 Å². The van der Waals surface area contributed by atoms with Crippen molar-refractivity contribution in [1.29, 1.82) is 0 Å². The van der Waals surface area contributed by atoms with E-state index in [1.165, 1.54) is 0 Å². The third-order valence-corrected chi connectivity index (χ3v) is 10.7. The van der Waals surface area contributed by atoms with Crippen LogP contribution in [-0.4, -0.2) is 70.1 Å². The van der Waals surface area contributed by atoms with Gasteiger partial charge in [-0.15, -0.1) is 0 Å². The van der Waals surface area contributed by atoms with Crippen molar-refractivity contribution in [1.82, 2.24) is 0 Å². The molecule has 0 aliphatic rings. The molecule has 0 heterocycles. The Hall–Kier alpha value is 0.114. The fourth-order valence-electron chi connectivity index (χ4n) is 2.58. The summed E-state index contributed by atoms with van der Waals surface area (Å²) in [5.74, 6) is 0. The van der Waals surface area contributed by atoms with Crippen LogP contribution in [0.3, 0.4) is 0 Å². The molecule has 184 valence electrons. The van der Waals surface area contributed by atoms with Crippen molar-refractivity contribution in [2.45, 2.75) is 90.9 Å². The Kier molecular flexibility index (Phi) is 21.3. The lowest BCUT2D eigenvalue weighted by molar-refractivity contribution is 0.0474. The molecule has 2 atom stereocenters. The summed E-state index contributed by atoms with van der Waals surface area (Å²) in [7, 11) is -0.617. The van der Waals surface area contributed by atoms with Crippen LogP contribution in [-0.2, 0) is 26.6 Å². The first-order chi connectivity index (χ1) is 14.3. The number of nitrogens with two attached hydrogens (primary N) is 2. The molecule has 0 saturated heterocycles. The molecule has 10 heteroatoms. The SMILES string of the molecule is CCCCO[Si](OCCCC)(OCCCC)C(N)CC.CO[Si](OC)(OC)C(C)N. The van der Waals surface area contributed by atoms with Crippen LogP contribution in [0.4, 0.5) is 0 Å². The van der Waals surface area contributed by atoms with E-state index >= 15 is 0 Å². The minimum Gasteiger partial charge on any atom is -0.376 e. The minimum absolute atomic E-state index is 0.118. The highest BCUT2D eigenvalue weighted by molar-refractivity contribution is 6.62. The highest BCUT2D eigenvalue weighted by atomic mass is 28.4. The van der Waals surface area contributed by atoms with Crippen LogP contribution in [0.15, 0.2) is 0 Å². The van der Waals surface area contributed by atoms with E-state index in [0.717, 1.165) is 44.9 Å². The van der Waals surface area contributed by atoms with Gasteiger partial charge in [-0.1, -0.05) is 47.0 Å². The third kappa shape index (κ3) is 12.2. The lowest BCUT2D eigenvalue weighted by Crippen LogP contribution is -2.60. The van der Waals surface area contributed by atoms with Crippen molar-refractivity contribution in [2.24, 2.45) is 11.5 Å². The van der Waals surface area contributed by atoms with Crippen LogP contribution < -0.4 is 11.5 Å². The third-order valence-electron chi connectivity index (χ3n) is 4.71. The molecule has 0 spiro atoms. The second-order valence-corrected chi connectivity index (χ2v) is 13.4. The molecule has 0 fully saturated rings. The maximum Gasteiger partial charge on any atom is 0.518 e. The Morgan fingerprint density at radius 3 is 1.13 bits per heavy atom. The average molecular weight is 471 g/mol. The molecule has 0 aromatic heterocycles. The molecule has 0 bridgehead atoms. The van der Waals surface area contributed by atoms with Gasteiger partial charge in [0.25, 0.3) is 0 Å². The molecule has 4 N–H and O–H groups in total. The Morgan fingerprint density at radius 2 is 0.967 bits per heavy atom. The molecule has 0 radical (unpaired) electrons. The summed E-state index contributed by atoms with van der Waals surface area (Å²) in [4.78, 5) is 0. The smallest absolute Gasteiger partial charge is 0.376 e. The van der Waals surface area contributed by atoms with E-state index < -0.39 is 17.6 Å². The molecule has 0 aromatic rings. The largest absolute Gasteiger partial charge is 0.518 e. The lowest BCUT2D eigenvalue weighted by atomic mass is 10.4. The van der Waals surface area contributed by atoms with Crippen LogP contribution in [0.5, 0.6) is 0 Å². The van der Waals surface area contributed by atoms with E-state index in [4.69, 9.17) is 38.0 Å². The minimum atomic E-state index is -2.73. The molecule has 30 heavy (non-hydrogen) atoms. The maximum absolute atomic E-state index is 6.29. The summed E-state index contributed by atoms with van der Waals surface area (Å²) in [6.07, 6.45) is 7.23. The Bertz CT molecular complexity index is 342. The average Bonchev–Trinajstić information content (AvgIpc) is 2.75. The second-order valence-electron chi connectivity index (χ2n) is 7.23. The van der Waals surface area contributed by atoms with Crippen LogP contribution in [0, 0.1) is 0 Å². The topological polar surface area (TPSA) is 107 Å². The normalized spacial score (nSPS) is 14.2. The first-order valence-electron chi connectivity index (χ1n) is 11.4. The fraction of sp³-hybridized carbons (Fsp3) is 1.00. The molecular weight excluding hydrogens is 420 g/mol. The van der Waals surface area contributed by atoms with Gasteiger partial charge in [0.15, 0.2) is 0 Å². The van der Waals surface area contributed by atoms with Crippen LogP contribution >= 0.6 is 0 Å². The monoisotopic (exact) mass is 470 g/mol. The zero-order valence-electron chi connectivity index (χ0n) is 20.8. The van der Waals surface area contributed by atoms with Gasteiger partial charge in [0.1, 0.15) is 0 Å². The summed E-state index contributed by atoms with van der Waals surface area (Å²) < 4.78 is 33.5. The summed E-state index contributed by atoms with van der Waals surface area (Å²) in [6, 6.07) is 0. The molecule has 0 aromatic carbocycles. The summed E-state index contributed by atoms with van der Waals surface area (Å²) >= 11 is 0. The fourth-order valence-corrected chi connectivity index (χ4v) is 6.87. The van der Waals surface area contributed by atoms with Crippen molar-refractivity contribution in [3.8, 4) is 0 Å². The van der Waals surface area contributed by atoms with Gasteiger partial charge in [-0.2, -0.15) is 0 Å². The van der Waals surface area contributed by atoms with Crippen LogP contribution in [0.1, 0.15) is 79.6 Å². The van der Waals surface area contributed by atoms with E-state index in [1.54, 1.807) is 21.3 Å². The molecule has 8 nitrogen and oxygen atoms in total. The van der Waals surface area contributed by atoms with Gasteiger partial charge in [0.05, 0.1) is 11.3 Å². The van der Waals surface area contributed by atoms with Crippen molar-refractivity contribution in [3.63, 3.8) is 0 Å². The zero-order chi connectivity index (χ0) is 23.5. The summed E-state index contributed by atoms with van der Waals surface area (Å²) in [5, 5.41) is 0. The Labute approximate surface area is 188 Å². The van der Waals surface area contributed by atoms with E-state index in [0.29, 0.717) is 19.8 Å². The van der Waals surface area contributed by atoms with E-state index in [1.807, 2.05) is 6.92 Å². The van der Waals surface area contributed by atoms with Crippen molar-refractivity contribution < 1.29 is 26.6 Å². The highest BCUT2D eigenvalue weighted by Gasteiger charge is 2.47. The standard InChI is InChI=1S/C15H35NO3Si.C5H15NO3Si/c1-5-9-12-17-20(15(16)8-4,18-13-10-6-2)19-14-11-7-3;1-5(6)10(7-2,8-3)9-4/h15H,5-14,16H2,1-4H3;5H,6H2,1-4H3. The molecule has 2 unspecified atom stereocenters. The van der Waals surface area contributed by atoms with Crippen LogP contribution in [0.25, 0.3) is 0 Å². The van der Waals surface area contributed by atoms with E-state index in [-0.39, 0.29) is 11.3 Å². The van der Waals surface area contributed by atoms with Gasteiger partial charge in [0, 0.05) is 41.2 Å². The van der Waals surface area contributed by atoms with Crippen molar-refractivity contribution in [2.75, 3.05) is 41.2 Å². The Morgan fingerprint density at radius 1 is 0.633 bits per heavy atom. The maximum atomic E-state index is 6.29. The number of unbranched alkanes of at least 4 members (excludes halogenated alkanes) is 3. The quantitative estimate of drug-likeness (QED) is 0.232. The molecule has 0 aliphatic carbocycles. The first-order valence-corrected chi connectivity index (χ1v) is 15.0. The molecule has 0 saturated carbocycles. The summed E-state index contributed by atoms with van der Waals surface area (Å²) in [6.45, 7) is 12.4. The van der Waals surface area contributed by atoms with Crippen molar-refractivity contribution >= 4 is 17.6 Å². The molecule has 0 aliphatic heterocycles. The number of hydrogen-bond donors (Lipinski definition) is 2. The predicted molar refractivity (Wildman–Crippen MR) is 127 cm³/mol. The second kappa shape index (κ2) is 19.8. The predicted octanol–water partition coefficient (Wildman–Crippen LogP) is 3.40. The van der Waals surface area contributed by atoms with Gasteiger partial charge in [-0.25, -0.2) is 0 Å². The number of hydrogen-bond acceptors (Lipinski definition) is 8. The highest BCUT2D eigenvalue weighted by Crippen LogP contribution is 2.18. The van der Waals surface area contributed by atoms with Gasteiger partial charge < -0.3 is 38.0 Å². The number of rotatable bonds is 18. The van der Waals surface area contributed by atoms with Crippen LogP contribution in [0.2, 0.25) is 0 Å². The van der Waals surface area contributed by atoms with Gasteiger partial charge >= 0.3 is 17.6 Å².